The van der Waals surface area contributed by atoms with Gasteiger partial charge in [0.25, 0.3) is 5.91 Å². The van der Waals surface area contributed by atoms with Gasteiger partial charge < -0.3 is 10.6 Å². The standard InChI is InChI=1S/C19H23ClN4O3/c1-5-19(13-6-8-14(20)9-7-13)16(26)24(17(27)23-19)10-15(25)22-18(4,11-21)12(2)3/h6-9,12H,5,10H2,1-4H3,(H,22,25)(H,23,27). The zero-order valence-electron chi connectivity index (χ0n) is 15.8. The normalized spacial score (nSPS) is 21.6. The predicted octanol–water partition coefficient (Wildman–Crippen LogP) is 2.55. The van der Waals surface area contributed by atoms with Gasteiger partial charge in [0, 0.05) is 5.02 Å². The van der Waals surface area contributed by atoms with Gasteiger partial charge in [-0.3, -0.25) is 14.5 Å². The Bertz CT molecular complexity index is 802. The van der Waals surface area contributed by atoms with Crippen LogP contribution in [0.1, 0.15) is 39.7 Å². The Labute approximate surface area is 163 Å². The number of nitrogens with zero attached hydrogens (tertiary/aromatic N) is 2. The highest BCUT2D eigenvalue weighted by molar-refractivity contribution is 6.30. The van der Waals surface area contributed by atoms with Crippen LogP contribution in [0, 0.1) is 17.2 Å². The van der Waals surface area contributed by atoms with Gasteiger partial charge in [0.15, 0.2) is 0 Å². The number of carbonyl (C=O) groups is 3. The van der Waals surface area contributed by atoms with Crippen LogP contribution in [0.5, 0.6) is 0 Å². The summed E-state index contributed by atoms with van der Waals surface area (Å²) in [5.41, 5.74) is -1.73. The smallest absolute Gasteiger partial charge is 0.325 e. The average molecular weight is 391 g/mol. The minimum Gasteiger partial charge on any atom is -0.336 e. The highest BCUT2D eigenvalue weighted by Gasteiger charge is 2.51. The Kier molecular flexibility index (Phi) is 5.81. The van der Waals surface area contributed by atoms with Crippen molar-refractivity contribution in [2.75, 3.05) is 6.54 Å². The number of rotatable bonds is 6. The first-order valence-corrected chi connectivity index (χ1v) is 9.10. The van der Waals surface area contributed by atoms with Crippen LogP contribution in [0.25, 0.3) is 0 Å². The molecule has 4 amide bonds. The molecule has 1 heterocycles. The molecule has 1 fully saturated rings. The van der Waals surface area contributed by atoms with Crippen molar-refractivity contribution in [3.8, 4) is 6.07 Å². The minimum atomic E-state index is -1.24. The lowest BCUT2D eigenvalue weighted by Crippen LogP contribution is -2.52. The van der Waals surface area contributed by atoms with E-state index in [4.69, 9.17) is 11.6 Å². The van der Waals surface area contributed by atoms with E-state index in [-0.39, 0.29) is 5.92 Å². The van der Waals surface area contributed by atoms with Crippen LogP contribution in [0.4, 0.5) is 4.79 Å². The topological polar surface area (TPSA) is 102 Å². The predicted molar refractivity (Wildman–Crippen MR) is 101 cm³/mol. The molecule has 27 heavy (non-hydrogen) atoms. The van der Waals surface area contributed by atoms with Gasteiger partial charge in [-0.2, -0.15) is 5.26 Å². The van der Waals surface area contributed by atoms with E-state index in [1.165, 1.54) is 0 Å². The lowest BCUT2D eigenvalue weighted by molar-refractivity contribution is -0.135. The molecule has 2 unspecified atom stereocenters. The van der Waals surface area contributed by atoms with Crippen LogP contribution < -0.4 is 10.6 Å². The molecule has 0 saturated carbocycles. The maximum absolute atomic E-state index is 13.0. The van der Waals surface area contributed by atoms with Crippen LogP contribution in [0.15, 0.2) is 24.3 Å². The minimum absolute atomic E-state index is 0.140. The fraction of sp³-hybridized carbons (Fsp3) is 0.474. The Hall–Kier alpha value is -2.59. The molecule has 2 atom stereocenters. The van der Waals surface area contributed by atoms with Crippen LogP contribution in [-0.2, 0) is 15.1 Å². The maximum atomic E-state index is 13.0. The molecule has 7 nitrogen and oxygen atoms in total. The Morgan fingerprint density at radius 1 is 1.37 bits per heavy atom. The number of hydrogen-bond acceptors (Lipinski definition) is 4. The van der Waals surface area contributed by atoms with Gasteiger partial charge in [-0.05, 0) is 37.0 Å². The molecule has 0 spiro atoms. The quantitative estimate of drug-likeness (QED) is 0.728. The van der Waals surface area contributed by atoms with Gasteiger partial charge in [0.1, 0.15) is 17.6 Å². The van der Waals surface area contributed by atoms with E-state index in [0.29, 0.717) is 17.0 Å². The number of hydrogen-bond donors (Lipinski definition) is 2. The molecule has 0 bridgehead atoms. The van der Waals surface area contributed by atoms with E-state index in [1.54, 1.807) is 52.0 Å². The number of benzene rings is 1. The lowest BCUT2D eigenvalue weighted by atomic mass is 9.87. The summed E-state index contributed by atoms with van der Waals surface area (Å²) in [4.78, 5) is 38.7. The van der Waals surface area contributed by atoms with Crippen molar-refractivity contribution in [3.05, 3.63) is 34.9 Å². The molecular formula is C19H23ClN4O3. The first-order valence-electron chi connectivity index (χ1n) is 8.72. The lowest BCUT2D eigenvalue weighted by Gasteiger charge is -2.28. The van der Waals surface area contributed by atoms with Crippen LogP contribution >= 0.6 is 11.6 Å². The average Bonchev–Trinajstić information content (AvgIpc) is 2.87. The largest absolute Gasteiger partial charge is 0.336 e. The van der Waals surface area contributed by atoms with Crippen molar-refractivity contribution in [3.63, 3.8) is 0 Å². The number of amides is 4. The van der Waals surface area contributed by atoms with E-state index >= 15 is 0 Å². The number of nitrogens with one attached hydrogen (secondary N) is 2. The molecule has 1 aliphatic heterocycles. The van der Waals surface area contributed by atoms with Crippen LogP contribution in [0.3, 0.4) is 0 Å². The number of carbonyl (C=O) groups excluding carboxylic acids is 3. The van der Waals surface area contributed by atoms with Gasteiger partial charge in [-0.1, -0.05) is 44.5 Å². The summed E-state index contributed by atoms with van der Waals surface area (Å²) in [5, 5.41) is 15.2. The van der Waals surface area contributed by atoms with Gasteiger partial charge in [-0.25, -0.2) is 4.79 Å². The van der Waals surface area contributed by atoms with Crippen LogP contribution in [-0.4, -0.2) is 34.8 Å². The molecule has 2 rings (SSSR count). The summed E-state index contributed by atoms with van der Waals surface area (Å²) in [5.74, 6) is -1.21. The molecule has 144 valence electrons. The van der Waals surface area contributed by atoms with Gasteiger partial charge >= 0.3 is 6.03 Å². The molecule has 1 aromatic rings. The summed E-state index contributed by atoms with van der Waals surface area (Å²) in [6, 6.07) is 8.07. The highest BCUT2D eigenvalue weighted by atomic mass is 35.5. The third-order valence-electron chi connectivity index (χ3n) is 5.13. The zero-order valence-corrected chi connectivity index (χ0v) is 16.6. The first-order chi connectivity index (χ1) is 12.6. The van der Waals surface area contributed by atoms with Crippen molar-refractivity contribution in [2.24, 2.45) is 5.92 Å². The fourth-order valence-corrected chi connectivity index (χ4v) is 3.04. The summed E-state index contributed by atoms with van der Waals surface area (Å²) in [7, 11) is 0. The van der Waals surface area contributed by atoms with Crippen LogP contribution in [0.2, 0.25) is 5.02 Å². The van der Waals surface area contributed by atoms with E-state index < -0.39 is 35.5 Å². The Balaban J connectivity index is 2.24. The number of halogens is 1. The third kappa shape index (κ3) is 3.76. The van der Waals surface area contributed by atoms with E-state index in [1.807, 2.05) is 0 Å². The van der Waals surface area contributed by atoms with Crippen molar-refractivity contribution in [1.82, 2.24) is 15.5 Å². The zero-order chi connectivity index (χ0) is 20.4. The molecule has 0 aliphatic carbocycles. The third-order valence-corrected chi connectivity index (χ3v) is 5.38. The molecule has 1 saturated heterocycles. The summed E-state index contributed by atoms with van der Waals surface area (Å²) in [6.07, 6.45) is 0.319. The van der Waals surface area contributed by atoms with E-state index in [2.05, 4.69) is 16.7 Å². The van der Waals surface area contributed by atoms with Gasteiger partial charge in [0.05, 0.1) is 6.07 Å². The molecule has 0 radical (unpaired) electrons. The molecule has 8 heteroatoms. The van der Waals surface area contributed by atoms with Gasteiger partial charge in [0.2, 0.25) is 5.91 Å². The molecule has 1 aliphatic rings. The molecule has 1 aromatic carbocycles. The Morgan fingerprint density at radius 3 is 2.44 bits per heavy atom. The number of urea groups is 1. The summed E-state index contributed by atoms with van der Waals surface area (Å²) in [6.45, 7) is 6.54. The van der Waals surface area contributed by atoms with Crippen molar-refractivity contribution in [2.45, 2.75) is 45.2 Å². The molecule has 2 N–H and O–H groups in total. The van der Waals surface area contributed by atoms with Crippen molar-refractivity contribution in [1.29, 1.82) is 5.26 Å². The van der Waals surface area contributed by atoms with E-state index in [9.17, 15) is 19.6 Å². The Morgan fingerprint density at radius 2 is 1.96 bits per heavy atom. The highest BCUT2D eigenvalue weighted by Crippen LogP contribution is 2.33. The maximum Gasteiger partial charge on any atom is 0.325 e. The fourth-order valence-electron chi connectivity index (χ4n) is 2.92. The second-order valence-corrected chi connectivity index (χ2v) is 7.54. The number of nitriles is 1. The second-order valence-electron chi connectivity index (χ2n) is 7.10. The molecule has 0 aromatic heterocycles. The van der Waals surface area contributed by atoms with Gasteiger partial charge in [-0.15, -0.1) is 0 Å². The number of imide groups is 1. The van der Waals surface area contributed by atoms with Crippen molar-refractivity contribution >= 4 is 29.4 Å². The SMILES string of the molecule is CCC1(c2ccc(Cl)cc2)NC(=O)N(CC(=O)NC(C)(C#N)C(C)C)C1=O. The second kappa shape index (κ2) is 7.57. The monoisotopic (exact) mass is 390 g/mol. The summed E-state index contributed by atoms with van der Waals surface area (Å²) >= 11 is 5.91. The van der Waals surface area contributed by atoms with Crippen molar-refractivity contribution < 1.29 is 14.4 Å². The molecular weight excluding hydrogens is 368 g/mol. The summed E-state index contributed by atoms with van der Waals surface area (Å²) < 4.78 is 0. The van der Waals surface area contributed by atoms with E-state index in [0.717, 1.165) is 4.90 Å². The first kappa shape index (κ1) is 20.7.